The summed E-state index contributed by atoms with van der Waals surface area (Å²) in [6.45, 7) is 4.41. The van der Waals surface area contributed by atoms with Crippen LogP contribution in [-0.4, -0.2) is 35.5 Å². The molecule has 0 spiro atoms. The Kier molecular flexibility index (Phi) is 10.8. The molecule has 1 N–H and O–H groups in total. The molecule has 0 saturated heterocycles. The van der Waals surface area contributed by atoms with E-state index in [0.29, 0.717) is 12.0 Å². The fourth-order valence-corrected chi connectivity index (χ4v) is 4.52. The molecule has 0 radical (unpaired) electrons. The third-order valence-electron chi connectivity index (χ3n) is 5.95. The maximum absolute atomic E-state index is 13.8. The number of carbonyl (C=O) groups excluding carboxylic acids is 3. The number of hydrogen-bond donors (Lipinski definition) is 1. The molecule has 0 aliphatic heterocycles. The van der Waals surface area contributed by atoms with Crippen molar-refractivity contribution in [1.82, 2.24) is 4.98 Å². The molecule has 12 heteroatoms. The lowest BCUT2D eigenvalue weighted by Gasteiger charge is -2.17. The number of pyridine rings is 1. The molecule has 3 aromatic rings. The average molecular weight is 630 g/mol. The Bertz CT molecular complexity index is 1480. The minimum absolute atomic E-state index is 0.0313. The first-order chi connectivity index (χ1) is 19.2. The SMILES string of the molecule is CC(C)(C)C(=O)CCc1ccc(Cl)c(C(=O)Cc2cnc(OCC(F)F)c(C(=O)Nc3ccc(Cl)c(F)c3)c2)c1Cl. The van der Waals surface area contributed by atoms with Crippen molar-refractivity contribution in [3.05, 3.63) is 85.7 Å². The third kappa shape index (κ3) is 8.67. The van der Waals surface area contributed by atoms with Gasteiger partial charge in [-0.2, -0.15) is 0 Å². The molecule has 1 amide bonds. The zero-order chi connectivity index (χ0) is 30.5. The molecule has 2 aromatic carbocycles. The number of nitrogens with one attached hydrogen (secondary N) is 1. The molecule has 0 aliphatic carbocycles. The van der Waals surface area contributed by atoms with E-state index in [2.05, 4.69) is 10.3 Å². The van der Waals surface area contributed by atoms with Crippen molar-refractivity contribution in [1.29, 1.82) is 0 Å². The summed E-state index contributed by atoms with van der Waals surface area (Å²) >= 11 is 18.5. The number of amides is 1. The maximum atomic E-state index is 13.8. The Morgan fingerprint density at radius 3 is 2.34 bits per heavy atom. The van der Waals surface area contributed by atoms with Crippen molar-refractivity contribution >= 4 is 58.0 Å². The number of nitrogens with zero attached hydrogens (tertiary/aromatic N) is 1. The van der Waals surface area contributed by atoms with Gasteiger partial charge in [0.05, 0.1) is 20.6 Å². The summed E-state index contributed by atoms with van der Waals surface area (Å²) in [6, 6.07) is 7.97. The van der Waals surface area contributed by atoms with Crippen LogP contribution in [0.3, 0.4) is 0 Å². The maximum Gasteiger partial charge on any atom is 0.272 e. The Hall–Kier alpha value is -3.14. The highest BCUT2D eigenvalue weighted by Crippen LogP contribution is 2.32. The van der Waals surface area contributed by atoms with Gasteiger partial charge in [0, 0.05) is 30.1 Å². The van der Waals surface area contributed by atoms with Gasteiger partial charge in [-0.15, -0.1) is 0 Å². The van der Waals surface area contributed by atoms with Gasteiger partial charge in [0.25, 0.3) is 12.3 Å². The zero-order valence-corrected chi connectivity index (χ0v) is 24.6. The monoisotopic (exact) mass is 628 g/mol. The summed E-state index contributed by atoms with van der Waals surface area (Å²) in [4.78, 5) is 42.6. The highest BCUT2D eigenvalue weighted by Gasteiger charge is 2.24. The molecule has 0 atom stereocenters. The molecule has 0 bridgehead atoms. The second-order valence-corrected chi connectivity index (χ2v) is 11.3. The number of Topliss-reactive ketones (excluding diaryl/α,β-unsaturated/α-hetero) is 2. The first kappa shape index (κ1) is 32.4. The van der Waals surface area contributed by atoms with Crippen LogP contribution in [-0.2, 0) is 17.6 Å². The molecule has 41 heavy (non-hydrogen) atoms. The number of aryl methyl sites for hydroxylation is 1. The van der Waals surface area contributed by atoms with Crippen LogP contribution in [0.5, 0.6) is 5.88 Å². The van der Waals surface area contributed by atoms with Crippen LogP contribution < -0.4 is 10.1 Å². The Morgan fingerprint density at radius 2 is 1.71 bits per heavy atom. The van der Waals surface area contributed by atoms with E-state index >= 15 is 0 Å². The van der Waals surface area contributed by atoms with E-state index in [9.17, 15) is 27.6 Å². The van der Waals surface area contributed by atoms with E-state index in [0.717, 1.165) is 6.07 Å². The number of alkyl halides is 2. The van der Waals surface area contributed by atoms with Crippen molar-refractivity contribution in [3.8, 4) is 5.88 Å². The fraction of sp³-hybridized carbons (Fsp3) is 0.310. The molecule has 0 saturated carbocycles. The molecule has 3 rings (SSSR count). The standard InChI is InChI=1S/C29H26Cl3F3N2O4/c1-29(2,3)23(39)9-5-16-4-7-20(31)25(26(16)32)22(38)11-15-10-18(28(36-13-15)41-14-24(34)35)27(40)37-17-6-8-19(30)21(33)12-17/h4,6-8,10,12-13,24H,5,9,11,14H2,1-3H3,(H,37,40). The van der Waals surface area contributed by atoms with Gasteiger partial charge in [-0.3, -0.25) is 14.4 Å². The van der Waals surface area contributed by atoms with Crippen molar-refractivity contribution < 1.29 is 32.3 Å². The van der Waals surface area contributed by atoms with Gasteiger partial charge in [-0.25, -0.2) is 18.2 Å². The Balaban J connectivity index is 1.88. The van der Waals surface area contributed by atoms with Crippen molar-refractivity contribution in [2.75, 3.05) is 11.9 Å². The minimum Gasteiger partial charge on any atom is -0.471 e. The number of ketones is 2. The van der Waals surface area contributed by atoms with E-state index in [1.54, 1.807) is 6.07 Å². The second kappa shape index (κ2) is 13.7. The molecular weight excluding hydrogens is 604 g/mol. The summed E-state index contributed by atoms with van der Waals surface area (Å²) in [7, 11) is 0. The van der Waals surface area contributed by atoms with Crippen LogP contribution in [0, 0.1) is 11.2 Å². The molecular formula is C29H26Cl3F3N2O4. The fourth-order valence-electron chi connectivity index (χ4n) is 3.73. The van der Waals surface area contributed by atoms with Crippen LogP contribution >= 0.6 is 34.8 Å². The van der Waals surface area contributed by atoms with Crippen LogP contribution in [0.1, 0.15) is 59.0 Å². The number of rotatable bonds is 11. The lowest BCUT2D eigenvalue weighted by Crippen LogP contribution is -2.20. The molecule has 218 valence electrons. The van der Waals surface area contributed by atoms with Crippen LogP contribution in [0.15, 0.2) is 42.6 Å². The molecule has 6 nitrogen and oxygen atoms in total. The van der Waals surface area contributed by atoms with Gasteiger partial charge < -0.3 is 10.1 Å². The summed E-state index contributed by atoms with van der Waals surface area (Å²) < 4.78 is 44.4. The van der Waals surface area contributed by atoms with Gasteiger partial charge >= 0.3 is 0 Å². The Morgan fingerprint density at radius 1 is 1.02 bits per heavy atom. The molecule has 0 fully saturated rings. The van der Waals surface area contributed by atoms with Crippen LogP contribution in [0.25, 0.3) is 0 Å². The lowest BCUT2D eigenvalue weighted by molar-refractivity contribution is -0.126. The predicted octanol–water partition coefficient (Wildman–Crippen LogP) is 8.05. The highest BCUT2D eigenvalue weighted by molar-refractivity contribution is 6.40. The number of carbonyl (C=O) groups is 3. The normalized spacial score (nSPS) is 11.5. The first-order valence-electron chi connectivity index (χ1n) is 12.4. The summed E-state index contributed by atoms with van der Waals surface area (Å²) in [5.74, 6) is -2.51. The van der Waals surface area contributed by atoms with Crippen LogP contribution in [0.4, 0.5) is 18.9 Å². The number of benzene rings is 2. The second-order valence-electron chi connectivity index (χ2n) is 10.2. The topological polar surface area (TPSA) is 85.4 Å². The molecule has 0 aliphatic rings. The van der Waals surface area contributed by atoms with Gasteiger partial charge in [-0.05, 0) is 47.9 Å². The van der Waals surface area contributed by atoms with E-state index in [4.69, 9.17) is 39.5 Å². The number of halogens is 6. The highest BCUT2D eigenvalue weighted by atomic mass is 35.5. The number of anilines is 1. The van der Waals surface area contributed by atoms with Gasteiger partial charge in [0.2, 0.25) is 5.88 Å². The van der Waals surface area contributed by atoms with E-state index in [1.165, 1.54) is 30.5 Å². The summed E-state index contributed by atoms with van der Waals surface area (Å²) in [5, 5.41) is 2.47. The summed E-state index contributed by atoms with van der Waals surface area (Å²) in [6.07, 6.45) is -1.42. The van der Waals surface area contributed by atoms with Crippen molar-refractivity contribution in [3.63, 3.8) is 0 Å². The van der Waals surface area contributed by atoms with Gasteiger partial charge in [0.15, 0.2) is 12.4 Å². The van der Waals surface area contributed by atoms with Gasteiger partial charge in [-0.1, -0.05) is 61.6 Å². The quantitative estimate of drug-likeness (QED) is 0.217. The van der Waals surface area contributed by atoms with E-state index in [1.807, 2.05) is 20.8 Å². The third-order valence-corrected chi connectivity index (χ3v) is 7.00. The molecule has 1 aromatic heterocycles. The number of ether oxygens (including phenoxy) is 1. The largest absolute Gasteiger partial charge is 0.471 e. The zero-order valence-electron chi connectivity index (χ0n) is 22.3. The Labute approximate surface area is 250 Å². The average Bonchev–Trinajstić information content (AvgIpc) is 2.88. The van der Waals surface area contributed by atoms with Crippen LogP contribution in [0.2, 0.25) is 15.1 Å². The number of aromatic nitrogens is 1. The smallest absolute Gasteiger partial charge is 0.272 e. The molecule has 0 unspecified atom stereocenters. The van der Waals surface area contributed by atoms with E-state index in [-0.39, 0.29) is 56.1 Å². The van der Waals surface area contributed by atoms with Gasteiger partial charge in [0.1, 0.15) is 17.2 Å². The lowest BCUT2D eigenvalue weighted by atomic mass is 9.87. The van der Waals surface area contributed by atoms with Crippen molar-refractivity contribution in [2.45, 2.75) is 46.5 Å². The molecule has 1 heterocycles. The minimum atomic E-state index is -2.84. The first-order valence-corrected chi connectivity index (χ1v) is 13.5. The van der Waals surface area contributed by atoms with Crippen molar-refractivity contribution in [2.24, 2.45) is 5.41 Å². The predicted molar refractivity (Wildman–Crippen MR) is 152 cm³/mol. The summed E-state index contributed by atoms with van der Waals surface area (Å²) in [5.41, 5.74) is 0.0844. The number of hydrogen-bond acceptors (Lipinski definition) is 5. The van der Waals surface area contributed by atoms with E-state index < -0.39 is 41.8 Å².